The summed E-state index contributed by atoms with van der Waals surface area (Å²) < 4.78 is 5.87. The molecule has 1 atom stereocenters. The molecular formula is C22H36IN5OS. The number of thiophene rings is 1. The minimum atomic E-state index is -0.0367. The Morgan fingerprint density at radius 2 is 2.07 bits per heavy atom. The average molecular weight is 546 g/mol. The first-order chi connectivity index (χ1) is 13.9. The molecular weight excluding hydrogens is 509 g/mol. The van der Waals surface area contributed by atoms with E-state index in [0.29, 0.717) is 18.5 Å². The zero-order valence-corrected chi connectivity index (χ0v) is 21.9. The minimum absolute atomic E-state index is 0. The van der Waals surface area contributed by atoms with E-state index >= 15 is 0 Å². The Balaban J connectivity index is 0.00000320. The highest BCUT2D eigenvalue weighted by Crippen LogP contribution is 2.29. The lowest BCUT2D eigenvalue weighted by atomic mass is 9.94. The lowest BCUT2D eigenvalue weighted by molar-refractivity contribution is 0.140. The van der Waals surface area contributed by atoms with E-state index in [2.05, 4.69) is 70.7 Å². The number of aliphatic imine (C=N–C) groups is 1. The monoisotopic (exact) mass is 545 g/mol. The second-order valence-corrected chi connectivity index (χ2v) is 9.90. The van der Waals surface area contributed by atoms with Gasteiger partial charge < -0.3 is 15.1 Å². The summed E-state index contributed by atoms with van der Waals surface area (Å²) in [4.78, 5) is 12.8. The Kier molecular flexibility index (Phi) is 9.62. The number of guanidine groups is 1. The van der Waals surface area contributed by atoms with E-state index < -0.39 is 0 Å². The molecule has 1 aliphatic rings. The van der Waals surface area contributed by atoms with Crippen LogP contribution in [0.3, 0.4) is 0 Å². The number of aromatic nitrogens is 1. The van der Waals surface area contributed by atoms with Gasteiger partial charge in [0.25, 0.3) is 0 Å². The third-order valence-corrected chi connectivity index (χ3v) is 6.49. The number of hydrogen-bond donors (Lipinski definition) is 2. The van der Waals surface area contributed by atoms with Crippen LogP contribution in [0.15, 0.2) is 33.1 Å². The minimum Gasteiger partial charge on any atom is -0.443 e. The third-order valence-electron chi connectivity index (χ3n) is 5.52. The summed E-state index contributed by atoms with van der Waals surface area (Å²) >= 11 is 1.83. The van der Waals surface area contributed by atoms with Crippen molar-refractivity contribution in [2.45, 2.75) is 58.5 Å². The fourth-order valence-electron chi connectivity index (χ4n) is 3.54. The molecule has 0 aliphatic carbocycles. The molecule has 1 saturated heterocycles. The van der Waals surface area contributed by atoms with Crippen LogP contribution in [0.25, 0.3) is 0 Å². The maximum Gasteiger partial charge on any atom is 0.213 e. The van der Waals surface area contributed by atoms with E-state index in [1.807, 2.05) is 17.5 Å². The van der Waals surface area contributed by atoms with Gasteiger partial charge in [-0.2, -0.15) is 0 Å². The Bertz CT molecular complexity index is 776. The molecule has 0 bridgehead atoms. The summed E-state index contributed by atoms with van der Waals surface area (Å²) in [7, 11) is 1.80. The third kappa shape index (κ3) is 6.95. The summed E-state index contributed by atoms with van der Waals surface area (Å²) in [6, 6.07) is 4.75. The quantitative estimate of drug-likeness (QED) is 0.311. The van der Waals surface area contributed by atoms with Crippen molar-refractivity contribution in [1.29, 1.82) is 0 Å². The van der Waals surface area contributed by atoms with Gasteiger partial charge in [-0.3, -0.25) is 9.89 Å². The van der Waals surface area contributed by atoms with Crippen LogP contribution in [-0.2, 0) is 12.0 Å². The highest BCUT2D eigenvalue weighted by atomic mass is 127. The van der Waals surface area contributed by atoms with Crippen LogP contribution in [0.5, 0.6) is 0 Å². The fourth-order valence-corrected chi connectivity index (χ4v) is 4.40. The van der Waals surface area contributed by atoms with Crippen LogP contribution >= 0.6 is 35.3 Å². The molecule has 3 heterocycles. The zero-order chi connectivity index (χ0) is 20.9. The molecule has 0 aromatic carbocycles. The number of hydrogen-bond acceptors (Lipinski definition) is 5. The average Bonchev–Trinajstić information content (AvgIpc) is 3.37. The maximum atomic E-state index is 5.87. The molecule has 3 rings (SSSR count). The van der Waals surface area contributed by atoms with E-state index in [1.165, 1.54) is 17.7 Å². The van der Waals surface area contributed by atoms with Crippen molar-refractivity contribution in [3.05, 3.63) is 40.2 Å². The molecule has 30 heavy (non-hydrogen) atoms. The first-order valence-corrected chi connectivity index (χ1v) is 11.4. The van der Waals surface area contributed by atoms with Gasteiger partial charge in [-0.25, -0.2) is 4.98 Å². The number of oxazole rings is 1. The lowest BCUT2D eigenvalue weighted by Gasteiger charge is -2.36. The SMILES string of the molecule is CN=C(NCc1ncc(C(C)(C)C)o1)NCC(c1cccs1)N1CCC(C)CC1.I. The summed E-state index contributed by atoms with van der Waals surface area (Å²) in [6.45, 7) is 12.4. The van der Waals surface area contributed by atoms with E-state index in [1.54, 1.807) is 7.05 Å². The van der Waals surface area contributed by atoms with Gasteiger partial charge in [0.05, 0.1) is 18.8 Å². The molecule has 1 aliphatic heterocycles. The van der Waals surface area contributed by atoms with E-state index in [0.717, 1.165) is 37.3 Å². The molecule has 2 aromatic heterocycles. The predicted octanol–water partition coefficient (Wildman–Crippen LogP) is 4.79. The van der Waals surface area contributed by atoms with Crippen molar-refractivity contribution in [3.63, 3.8) is 0 Å². The second kappa shape index (κ2) is 11.5. The van der Waals surface area contributed by atoms with E-state index in [4.69, 9.17) is 4.42 Å². The van der Waals surface area contributed by atoms with E-state index in [-0.39, 0.29) is 29.4 Å². The van der Waals surface area contributed by atoms with Gasteiger partial charge in [0.2, 0.25) is 5.89 Å². The van der Waals surface area contributed by atoms with Crippen molar-refractivity contribution >= 4 is 41.3 Å². The van der Waals surface area contributed by atoms with Gasteiger partial charge in [-0.05, 0) is 43.3 Å². The van der Waals surface area contributed by atoms with Crippen LogP contribution in [0, 0.1) is 5.92 Å². The Morgan fingerprint density at radius 3 is 2.63 bits per heavy atom. The summed E-state index contributed by atoms with van der Waals surface area (Å²) in [5.41, 5.74) is -0.0367. The van der Waals surface area contributed by atoms with Crippen molar-refractivity contribution in [3.8, 4) is 0 Å². The number of rotatable bonds is 6. The Hall–Kier alpha value is -1.13. The Labute approximate surface area is 202 Å². The molecule has 0 spiro atoms. The van der Waals surface area contributed by atoms with Crippen LogP contribution in [0.2, 0.25) is 0 Å². The fraction of sp³-hybridized carbons (Fsp3) is 0.636. The Morgan fingerprint density at radius 1 is 1.33 bits per heavy atom. The molecule has 2 aromatic rings. The molecule has 0 radical (unpaired) electrons. The van der Waals surface area contributed by atoms with Gasteiger partial charge in [-0.1, -0.05) is 33.8 Å². The van der Waals surface area contributed by atoms with Crippen LogP contribution in [-0.4, -0.2) is 42.5 Å². The molecule has 6 nitrogen and oxygen atoms in total. The first kappa shape index (κ1) is 25.1. The molecule has 1 fully saturated rings. The highest BCUT2D eigenvalue weighted by molar-refractivity contribution is 14.0. The molecule has 1 unspecified atom stereocenters. The molecule has 168 valence electrons. The maximum absolute atomic E-state index is 5.87. The number of nitrogens with one attached hydrogen (secondary N) is 2. The summed E-state index contributed by atoms with van der Waals surface area (Å²) in [6.07, 6.45) is 4.36. The van der Waals surface area contributed by atoms with Gasteiger partial charge in [0, 0.05) is 23.9 Å². The summed E-state index contributed by atoms with van der Waals surface area (Å²) in [5, 5.41) is 9.00. The summed E-state index contributed by atoms with van der Waals surface area (Å²) in [5.74, 6) is 3.18. The van der Waals surface area contributed by atoms with Crippen molar-refractivity contribution < 1.29 is 4.42 Å². The second-order valence-electron chi connectivity index (χ2n) is 8.92. The van der Waals surface area contributed by atoms with Gasteiger partial charge in [-0.15, -0.1) is 35.3 Å². The number of halogens is 1. The van der Waals surface area contributed by atoms with Gasteiger partial charge in [0.15, 0.2) is 5.96 Å². The van der Waals surface area contributed by atoms with Crippen molar-refractivity contribution in [2.24, 2.45) is 10.9 Å². The molecule has 0 amide bonds. The van der Waals surface area contributed by atoms with Gasteiger partial charge in [0.1, 0.15) is 5.76 Å². The number of piperidine rings is 1. The van der Waals surface area contributed by atoms with Crippen molar-refractivity contribution in [2.75, 3.05) is 26.7 Å². The van der Waals surface area contributed by atoms with Crippen molar-refractivity contribution in [1.82, 2.24) is 20.5 Å². The topological polar surface area (TPSA) is 65.7 Å². The highest BCUT2D eigenvalue weighted by Gasteiger charge is 2.25. The van der Waals surface area contributed by atoms with Crippen LogP contribution < -0.4 is 10.6 Å². The number of likely N-dealkylation sites (tertiary alicyclic amines) is 1. The largest absolute Gasteiger partial charge is 0.443 e. The molecule has 0 saturated carbocycles. The number of nitrogens with zero attached hydrogens (tertiary/aromatic N) is 3. The van der Waals surface area contributed by atoms with E-state index in [9.17, 15) is 0 Å². The molecule has 2 N–H and O–H groups in total. The van der Waals surface area contributed by atoms with Crippen LogP contribution in [0.4, 0.5) is 0 Å². The van der Waals surface area contributed by atoms with Crippen LogP contribution in [0.1, 0.15) is 63.1 Å². The zero-order valence-electron chi connectivity index (χ0n) is 18.8. The van der Waals surface area contributed by atoms with Gasteiger partial charge >= 0.3 is 0 Å². The molecule has 8 heteroatoms. The first-order valence-electron chi connectivity index (χ1n) is 10.5. The lowest BCUT2D eigenvalue weighted by Crippen LogP contribution is -2.44. The standard InChI is InChI=1S/C22H35N5OS.HI/c1-16-8-10-27(11-9-16)17(18-7-6-12-29-18)13-25-21(23-5)26-15-20-24-14-19(28-20)22(2,3)4;/h6-7,12,14,16-17H,8-11,13,15H2,1-5H3,(H2,23,25,26);1H. The normalized spacial score (nSPS) is 17.4. The predicted molar refractivity (Wildman–Crippen MR) is 136 cm³/mol. The smallest absolute Gasteiger partial charge is 0.213 e.